The van der Waals surface area contributed by atoms with Crippen LogP contribution in [0.1, 0.15) is 23.9 Å². The molecule has 4 rings (SSSR count). The van der Waals surface area contributed by atoms with Crippen molar-refractivity contribution in [1.82, 2.24) is 15.5 Å². The molecule has 1 unspecified atom stereocenters. The van der Waals surface area contributed by atoms with Crippen molar-refractivity contribution in [3.63, 3.8) is 0 Å². The number of rotatable bonds is 2. The Morgan fingerprint density at radius 3 is 3.05 bits per heavy atom. The number of hydrogen-bond acceptors (Lipinski definition) is 5. The van der Waals surface area contributed by atoms with Crippen molar-refractivity contribution in [1.29, 1.82) is 0 Å². The van der Waals surface area contributed by atoms with Gasteiger partial charge in [-0.15, -0.1) is 0 Å². The number of ether oxygens (including phenoxy) is 1. The summed E-state index contributed by atoms with van der Waals surface area (Å²) in [6, 6.07) is 5.08. The molecule has 0 saturated carbocycles. The van der Waals surface area contributed by atoms with Gasteiger partial charge in [0, 0.05) is 18.4 Å². The van der Waals surface area contributed by atoms with E-state index in [2.05, 4.69) is 15.5 Å². The van der Waals surface area contributed by atoms with E-state index >= 15 is 0 Å². The summed E-state index contributed by atoms with van der Waals surface area (Å²) >= 11 is 0. The van der Waals surface area contributed by atoms with Crippen molar-refractivity contribution in [2.45, 2.75) is 24.8 Å². The lowest BCUT2D eigenvalue weighted by molar-refractivity contribution is 0.0200. The van der Waals surface area contributed by atoms with Gasteiger partial charge in [0.25, 0.3) is 5.92 Å². The van der Waals surface area contributed by atoms with Gasteiger partial charge in [-0.1, -0.05) is 5.16 Å². The largest absolute Gasteiger partial charge is 0.493 e. The van der Waals surface area contributed by atoms with E-state index in [-0.39, 0.29) is 18.9 Å². The summed E-state index contributed by atoms with van der Waals surface area (Å²) in [6.07, 6.45) is 0.539. The summed E-state index contributed by atoms with van der Waals surface area (Å²) in [5, 5.41) is 6.60. The van der Waals surface area contributed by atoms with Crippen LogP contribution in [0.3, 0.4) is 0 Å². The first-order chi connectivity index (χ1) is 10.1. The van der Waals surface area contributed by atoms with Gasteiger partial charge in [0.05, 0.1) is 19.2 Å². The fraction of sp³-hybridized carbons (Fsp3) is 0.429. The molecule has 0 radical (unpaired) electrons. The van der Waals surface area contributed by atoms with Crippen LogP contribution in [-0.2, 0) is 6.42 Å². The van der Waals surface area contributed by atoms with Gasteiger partial charge >= 0.3 is 0 Å². The van der Waals surface area contributed by atoms with Gasteiger partial charge in [0.2, 0.25) is 11.7 Å². The zero-order valence-electron chi connectivity index (χ0n) is 11.1. The normalized spacial score (nSPS) is 23.0. The number of aromatic nitrogens is 2. The highest BCUT2D eigenvalue weighted by atomic mass is 19.3. The molecule has 0 bridgehead atoms. The number of nitrogens with zero attached hydrogens (tertiary/aromatic N) is 2. The molecule has 0 aliphatic carbocycles. The van der Waals surface area contributed by atoms with Crippen molar-refractivity contribution in [2.75, 3.05) is 13.2 Å². The molecule has 0 amide bonds. The second-order valence-corrected chi connectivity index (χ2v) is 5.37. The fourth-order valence-corrected chi connectivity index (χ4v) is 2.71. The lowest BCUT2D eigenvalue weighted by atomic mass is 10.1. The Morgan fingerprint density at radius 1 is 1.33 bits per heavy atom. The van der Waals surface area contributed by atoms with Crippen LogP contribution in [0, 0.1) is 0 Å². The van der Waals surface area contributed by atoms with Gasteiger partial charge in [0.1, 0.15) is 5.75 Å². The van der Waals surface area contributed by atoms with Gasteiger partial charge in [-0.3, -0.25) is 5.32 Å². The maximum Gasteiger partial charge on any atom is 0.262 e. The average Bonchev–Trinajstić information content (AvgIpc) is 3.15. The number of fused-ring (bicyclic) bond motifs is 1. The summed E-state index contributed by atoms with van der Waals surface area (Å²) < 4.78 is 37.0. The van der Waals surface area contributed by atoms with E-state index in [0.717, 1.165) is 23.3 Å². The van der Waals surface area contributed by atoms with Crippen LogP contribution in [0.25, 0.3) is 11.4 Å². The van der Waals surface area contributed by atoms with Crippen molar-refractivity contribution in [3.8, 4) is 17.1 Å². The van der Waals surface area contributed by atoms with Crippen LogP contribution in [0.2, 0.25) is 0 Å². The number of benzene rings is 1. The molecule has 1 aromatic carbocycles. The summed E-state index contributed by atoms with van der Waals surface area (Å²) in [5.74, 6) is -1.22. The van der Waals surface area contributed by atoms with E-state index in [4.69, 9.17) is 9.26 Å². The monoisotopic (exact) mass is 293 g/mol. The molecule has 1 saturated heterocycles. The molecule has 2 aliphatic rings. The first kappa shape index (κ1) is 12.7. The minimum absolute atomic E-state index is 0.207. The van der Waals surface area contributed by atoms with E-state index in [0.29, 0.717) is 12.4 Å². The Balaban J connectivity index is 1.60. The SMILES string of the molecule is FC1(F)CNC(c2nc(-c3ccc4c(c3)CCO4)no2)C1. The molecule has 5 nitrogen and oxygen atoms in total. The Labute approximate surface area is 119 Å². The van der Waals surface area contributed by atoms with Gasteiger partial charge in [-0.05, 0) is 23.8 Å². The lowest BCUT2D eigenvalue weighted by Crippen LogP contribution is -2.19. The number of halogens is 2. The highest BCUT2D eigenvalue weighted by Gasteiger charge is 2.42. The number of alkyl halides is 2. The van der Waals surface area contributed by atoms with Crippen molar-refractivity contribution >= 4 is 0 Å². The van der Waals surface area contributed by atoms with Gasteiger partial charge < -0.3 is 9.26 Å². The van der Waals surface area contributed by atoms with Crippen molar-refractivity contribution < 1.29 is 18.0 Å². The van der Waals surface area contributed by atoms with E-state index in [1.807, 2.05) is 18.2 Å². The summed E-state index contributed by atoms with van der Waals surface area (Å²) in [6.45, 7) is 0.322. The Morgan fingerprint density at radius 2 is 2.24 bits per heavy atom. The first-order valence-corrected chi connectivity index (χ1v) is 6.82. The molecule has 0 spiro atoms. The molecule has 1 N–H and O–H groups in total. The predicted octanol–water partition coefficient (Wildman–Crippen LogP) is 2.34. The Bertz CT molecular complexity index is 687. The lowest BCUT2D eigenvalue weighted by Gasteiger charge is -2.04. The van der Waals surface area contributed by atoms with E-state index in [9.17, 15) is 8.78 Å². The second kappa shape index (κ2) is 4.49. The highest BCUT2D eigenvalue weighted by Crippen LogP contribution is 2.34. The maximum absolute atomic E-state index is 13.2. The smallest absolute Gasteiger partial charge is 0.262 e. The van der Waals surface area contributed by atoms with Crippen LogP contribution in [0.5, 0.6) is 5.75 Å². The van der Waals surface area contributed by atoms with Crippen molar-refractivity contribution in [3.05, 3.63) is 29.7 Å². The quantitative estimate of drug-likeness (QED) is 0.921. The van der Waals surface area contributed by atoms with E-state index in [1.165, 1.54) is 0 Å². The molecule has 3 heterocycles. The van der Waals surface area contributed by atoms with Crippen LogP contribution in [0.4, 0.5) is 8.78 Å². The molecule has 1 fully saturated rings. The molecular formula is C14H13F2N3O2. The molecule has 1 aromatic heterocycles. The van der Waals surface area contributed by atoms with Gasteiger partial charge in [-0.25, -0.2) is 8.78 Å². The van der Waals surface area contributed by atoms with Crippen LogP contribution < -0.4 is 10.1 Å². The molecule has 1 atom stereocenters. The minimum atomic E-state index is -2.72. The minimum Gasteiger partial charge on any atom is -0.493 e. The number of hydrogen-bond donors (Lipinski definition) is 1. The Hall–Kier alpha value is -2.02. The average molecular weight is 293 g/mol. The van der Waals surface area contributed by atoms with E-state index in [1.54, 1.807) is 0 Å². The van der Waals surface area contributed by atoms with Crippen molar-refractivity contribution in [2.24, 2.45) is 0 Å². The molecule has 7 heteroatoms. The van der Waals surface area contributed by atoms with Crippen LogP contribution >= 0.6 is 0 Å². The third-order valence-electron chi connectivity index (χ3n) is 3.80. The van der Waals surface area contributed by atoms with Gasteiger partial charge in [0.15, 0.2) is 0 Å². The molecular weight excluding hydrogens is 280 g/mol. The summed E-state index contributed by atoms with van der Waals surface area (Å²) in [7, 11) is 0. The topological polar surface area (TPSA) is 60.2 Å². The number of nitrogens with one attached hydrogen (secondary N) is 1. The molecule has 110 valence electrons. The standard InChI is InChI=1S/C14H13F2N3O2/c15-14(16)6-10(17-7-14)13-18-12(19-21-13)9-1-2-11-8(5-9)3-4-20-11/h1-2,5,10,17H,3-4,6-7H2. The molecule has 2 aromatic rings. The van der Waals surface area contributed by atoms with Crippen LogP contribution in [0.15, 0.2) is 22.7 Å². The summed E-state index contributed by atoms with van der Waals surface area (Å²) in [5.41, 5.74) is 1.91. The third kappa shape index (κ3) is 2.27. The second-order valence-electron chi connectivity index (χ2n) is 5.37. The zero-order valence-corrected chi connectivity index (χ0v) is 11.1. The molecule has 21 heavy (non-hydrogen) atoms. The molecule has 2 aliphatic heterocycles. The first-order valence-electron chi connectivity index (χ1n) is 6.82. The van der Waals surface area contributed by atoms with Crippen LogP contribution in [-0.4, -0.2) is 29.2 Å². The third-order valence-corrected chi connectivity index (χ3v) is 3.80. The predicted molar refractivity (Wildman–Crippen MR) is 69.2 cm³/mol. The maximum atomic E-state index is 13.2. The summed E-state index contributed by atoms with van der Waals surface area (Å²) in [4.78, 5) is 4.24. The highest BCUT2D eigenvalue weighted by molar-refractivity contribution is 5.59. The van der Waals surface area contributed by atoms with Gasteiger partial charge in [-0.2, -0.15) is 4.98 Å². The fourth-order valence-electron chi connectivity index (χ4n) is 2.71. The zero-order chi connectivity index (χ0) is 14.4. The van der Waals surface area contributed by atoms with E-state index < -0.39 is 12.0 Å². The Kier molecular flexibility index (Phi) is 2.72.